The van der Waals surface area contributed by atoms with Crippen molar-refractivity contribution < 1.29 is 78.9 Å². The van der Waals surface area contributed by atoms with Crippen molar-refractivity contribution in [1.82, 2.24) is 0 Å². The van der Waals surface area contributed by atoms with Crippen LogP contribution in [-0.4, -0.2) is 11.9 Å². The number of unbranched alkanes of at least 4 members (excludes halogenated alkanes) is 23. The Morgan fingerprint density at radius 2 is 0.625 bits per heavy atom. The largest absolute Gasteiger partial charge is 1.00 e. The summed E-state index contributed by atoms with van der Waals surface area (Å²) in [4.78, 5) is 20.4. The SMILES string of the molecule is CCCCCCCC/C=C\CCCCCCCC(=O)[O-].CCCCCCCCCCCCCCCC(=O)[O-].[Na+].[Na+]. The van der Waals surface area contributed by atoms with Crippen molar-refractivity contribution in [3.8, 4) is 0 Å². The van der Waals surface area contributed by atoms with Crippen molar-refractivity contribution in [2.24, 2.45) is 0 Å². The van der Waals surface area contributed by atoms with Gasteiger partial charge in [0.2, 0.25) is 0 Å². The molecule has 0 spiro atoms. The van der Waals surface area contributed by atoms with Gasteiger partial charge in [0, 0.05) is 11.9 Å². The maximum Gasteiger partial charge on any atom is 1.00 e. The smallest absolute Gasteiger partial charge is 0.550 e. The third-order valence-corrected chi connectivity index (χ3v) is 7.13. The van der Waals surface area contributed by atoms with Crippen LogP contribution in [0.2, 0.25) is 0 Å². The van der Waals surface area contributed by atoms with Gasteiger partial charge in [0.1, 0.15) is 0 Å². The molecule has 0 N–H and O–H groups in total. The number of aliphatic carboxylic acids is 2. The van der Waals surface area contributed by atoms with Crippen LogP contribution in [0.4, 0.5) is 0 Å². The van der Waals surface area contributed by atoms with Crippen LogP contribution >= 0.6 is 0 Å². The molecule has 0 aromatic heterocycles. The first-order chi connectivity index (χ1) is 18.5. The van der Waals surface area contributed by atoms with Gasteiger partial charge in [-0.1, -0.05) is 154 Å². The monoisotopic (exact) mass is 582 g/mol. The number of hydrogen-bond donors (Lipinski definition) is 0. The molecule has 0 saturated heterocycles. The molecule has 0 amide bonds. The Hall–Kier alpha value is 0.680. The number of allylic oxidation sites excluding steroid dienone is 2. The minimum atomic E-state index is -0.914. The molecule has 0 saturated carbocycles. The van der Waals surface area contributed by atoms with Crippen molar-refractivity contribution in [1.29, 1.82) is 0 Å². The number of carboxylic acids is 2. The first kappa shape index (κ1) is 47.6. The molecule has 226 valence electrons. The predicted molar refractivity (Wildman–Crippen MR) is 160 cm³/mol. The van der Waals surface area contributed by atoms with Crippen LogP contribution in [0, 0.1) is 0 Å². The normalized spacial score (nSPS) is 10.4. The van der Waals surface area contributed by atoms with E-state index in [9.17, 15) is 19.8 Å². The van der Waals surface area contributed by atoms with E-state index in [4.69, 9.17) is 0 Å². The van der Waals surface area contributed by atoms with Gasteiger partial charge in [0.25, 0.3) is 0 Å². The second-order valence-corrected chi connectivity index (χ2v) is 11.1. The van der Waals surface area contributed by atoms with E-state index >= 15 is 0 Å². The number of hydrogen-bond acceptors (Lipinski definition) is 4. The Bertz CT molecular complexity index is 512. The van der Waals surface area contributed by atoms with Crippen LogP contribution in [0.3, 0.4) is 0 Å². The molecule has 0 radical (unpaired) electrons. The summed E-state index contributed by atoms with van der Waals surface area (Å²) in [7, 11) is 0. The average molecular weight is 583 g/mol. The van der Waals surface area contributed by atoms with Crippen molar-refractivity contribution in [2.45, 2.75) is 194 Å². The van der Waals surface area contributed by atoms with Gasteiger partial charge in [0.15, 0.2) is 0 Å². The molecule has 0 aromatic rings. The van der Waals surface area contributed by atoms with Crippen molar-refractivity contribution in [2.75, 3.05) is 0 Å². The van der Waals surface area contributed by atoms with E-state index in [1.165, 1.54) is 135 Å². The summed E-state index contributed by atoms with van der Waals surface area (Å²) in [5, 5.41) is 20.4. The maximum atomic E-state index is 10.2. The topological polar surface area (TPSA) is 80.3 Å². The third-order valence-electron chi connectivity index (χ3n) is 7.13. The molecule has 0 aliphatic rings. The average Bonchev–Trinajstić information content (AvgIpc) is 2.89. The van der Waals surface area contributed by atoms with E-state index in [0.717, 1.165) is 32.1 Å². The van der Waals surface area contributed by atoms with Crippen LogP contribution in [0.5, 0.6) is 0 Å². The van der Waals surface area contributed by atoms with Crippen LogP contribution in [-0.2, 0) is 9.59 Å². The van der Waals surface area contributed by atoms with E-state index in [2.05, 4.69) is 26.0 Å². The van der Waals surface area contributed by atoms with Gasteiger partial charge in [-0.15, -0.1) is 0 Å². The second-order valence-electron chi connectivity index (χ2n) is 11.1. The van der Waals surface area contributed by atoms with E-state index in [1.807, 2.05) is 0 Å². The minimum Gasteiger partial charge on any atom is -0.550 e. The number of rotatable bonds is 29. The molecule has 0 bridgehead atoms. The fraction of sp³-hybridized carbons (Fsp3) is 0.882. The van der Waals surface area contributed by atoms with Gasteiger partial charge in [-0.2, -0.15) is 0 Å². The van der Waals surface area contributed by atoms with Crippen LogP contribution < -0.4 is 69.3 Å². The molecule has 0 unspecified atom stereocenters. The molecule has 0 fully saturated rings. The van der Waals surface area contributed by atoms with Crippen molar-refractivity contribution >= 4 is 11.9 Å². The molecule has 0 aliphatic carbocycles. The molecule has 0 atom stereocenters. The molecule has 0 aromatic carbocycles. The zero-order chi connectivity index (χ0) is 28.4. The van der Waals surface area contributed by atoms with Gasteiger partial charge >= 0.3 is 59.1 Å². The van der Waals surface area contributed by atoms with Gasteiger partial charge in [-0.25, -0.2) is 0 Å². The number of carbonyl (C=O) groups is 2. The van der Waals surface area contributed by atoms with E-state index in [1.54, 1.807) is 0 Å². The fourth-order valence-corrected chi connectivity index (χ4v) is 4.63. The van der Waals surface area contributed by atoms with Crippen LogP contribution in [0.25, 0.3) is 0 Å². The summed E-state index contributed by atoms with van der Waals surface area (Å²) in [6.07, 6.45) is 37.8. The summed E-state index contributed by atoms with van der Waals surface area (Å²) < 4.78 is 0. The molecule has 0 heterocycles. The zero-order valence-electron chi connectivity index (χ0n) is 27.6. The van der Waals surface area contributed by atoms with Crippen molar-refractivity contribution in [3.05, 3.63) is 12.2 Å². The first-order valence-electron chi connectivity index (χ1n) is 16.6. The first-order valence-corrected chi connectivity index (χ1v) is 16.6. The summed E-state index contributed by atoms with van der Waals surface area (Å²) in [5.41, 5.74) is 0. The summed E-state index contributed by atoms with van der Waals surface area (Å²) in [6, 6.07) is 0. The molecular formula is C34H64Na2O4. The molecule has 40 heavy (non-hydrogen) atoms. The Balaban J connectivity index is -0.000000310. The second kappa shape index (κ2) is 44.1. The Morgan fingerprint density at radius 3 is 0.875 bits per heavy atom. The molecule has 6 heteroatoms. The molecule has 0 rings (SSSR count). The minimum absolute atomic E-state index is 0. The van der Waals surface area contributed by atoms with Crippen LogP contribution in [0.1, 0.15) is 194 Å². The van der Waals surface area contributed by atoms with E-state index in [-0.39, 0.29) is 72.0 Å². The fourth-order valence-electron chi connectivity index (χ4n) is 4.63. The Labute approximate surface area is 294 Å². The van der Waals surface area contributed by atoms with Gasteiger partial charge < -0.3 is 19.8 Å². The predicted octanol–water partition coefficient (Wildman–Crippen LogP) is 3.00. The molecule has 0 aliphatic heterocycles. The van der Waals surface area contributed by atoms with Gasteiger partial charge in [-0.3, -0.25) is 0 Å². The standard InChI is InChI=1S/C18H34O2.C16H32O2.2Na/c1-2-3-4-5-6-7-8-9-10-11-12-13-14-15-16-17-18(19)20;1-2-3-4-5-6-7-8-9-10-11-12-13-14-15-16(17)18;;/h9-10H,2-8,11-17H2,1H3,(H,19,20);2-15H2,1H3,(H,17,18);;/q;;2*+1/p-2/b10-9-;;;. The summed E-state index contributed by atoms with van der Waals surface area (Å²) in [6.45, 7) is 4.51. The zero-order valence-corrected chi connectivity index (χ0v) is 31.6. The van der Waals surface area contributed by atoms with Crippen molar-refractivity contribution in [3.63, 3.8) is 0 Å². The Kier molecular flexibility index (Phi) is 52.5. The quantitative estimate of drug-likeness (QED) is 0.0772. The maximum absolute atomic E-state index is 10.2. The van der Waals surface area contributed by atoms with E-state index < -0.39 is 11.9 Å². The number of carboxylic acid groups (broad SMARTS) is 2. The number of carbonyl (C=O) groups excluding carboxylic acids is 2. The third kappa shape index (κ3) is 51.4. The molecular weight excluding hydrogens is 518 g/mol. The Morgan fingerprint density at radius 1 is 0.400 bits per heavy atom. The summed E-state index contributed by atoms with van der Waals surface area (Å²) >= 11 is 0. The molecule has 4 nitrogen and oxygen atoms in total. The van der Waals surface area contributed by atoms with E-state index in [0.29, 0.717) is 0 Å². The van der Waals surface area contributed by atoms with Crippen LogP contribution in [0.15, 0.2) is 12.2 Å². The van der Waals surface area contributed by atoms with Gasteiger partial charge in [-0.05, 0) is 51.4 Å². The summed E-state index contributed by atoms with van der Waals surface area (Å²) in [5.74, 6) is -1.82. The van der Waals surface area contributed by atoms with Gasteiger partial charge in [0.05, 0.1) is 0 Å².